The standard InChI is InChI=1S/2C13H16N2O.C10H13N3.3CH4/c1-10(2)15-9-12(8-14-15)11-4-6-13(16-3)7-5-11;1-10(2)15-9-12(8-14-15)11-5-4-6-13(7-11)16-3;1-7(2)13-4-3-8-5-9(11)6-12-10(8)13;;;/h2*4-10H,1-3H3;3-7H,11H2,1-2H3;3*1H4. The Morgan fingerprint density at radius 2 is 1.17 bits per heavy atom. The second-order valence-electron chi connectivity index (χ2n) is 11.6. The number of nitrogen functional groups attached to an aromatic ring is 1. The maximum atomic E-state index is 5.64. The maximum absolute atomic E-state index is 5.64. The Bertz CT molecular complexity index is 1780. The molecule has 2 aromatic carbocycles. The SMILES string of the molecule is C.C.C.CC(C)n1ccc2cc(N)cnc21.COc1ccc(-c2cnn(C(C)C)c2)cc1.COc1cccc(-c2cnn(C(C)C)c2)c1. The number of anilines is 1. The maximum Gasteiger partial charge on any atom is 0.140 e. The molecule has 9 heteroatoms. The summed E-state index contributed by atoms with van der Waals surface area (Å²) < 4.78 is 16.4. The van der Waals surface area contributed by atoms with Gasteiger partial charge in [-0.25, -0.2) is 4.98 Å². The molecule has 0 aliphatic heterocycles. The van der Waals surface area contributed by atoms with Gasteiger partial charge in [0.15, 0.2) is 0 Å². The number of hydrogen-bond donors (Lipinski definition) is 1. The van der Waals surface area contributed by atoms with Crippen molar-refractivity contribution in [2.24, 2.45) is 0 Å². The average Bonchev–Trinajstić information content (AvgIpc) is 3.82. The fourth-order valence-electron chi connectivity index (χ4n) is 4.60. The summed E-state index contributed by atoms with van der Waals surface area (Å²) in [4.78, 5) is 4.30. The zero-order chi connectivity index (χ0) is 32.5. The van der Waals surface area contributed by atoms with Crippen LogP contribution < -0.4 is 15.2 Å². The van der Waals surface area contributed by atoms with E-state index in [-0.39, 0.29) is 22.3 Å². The monoisotopic (exact) mass is 655 g/mol. The van der Waals surface area contributed by atoms with E-state index in [0.717, 1.165) is 44.8 Å². The van der Waals surface area contributed by atoms with E-state index in [9.17, 15) is 0 Å². The molecule has 0 fully saturated rings. The largest absolute Gasteiger partial charge is 0.497 e. The third-order valence-electron chi connectivity index (χ3n) is 7.22. The molecule has 0 bridgehead atoms. The zero-order valence-corrected chi connectivity index (χ0v) is 27.5. The van der Waals surface area contributed by atoms with Crippen LogP contribution in [0.25, 0.3) is 33.3 Å². The van der Waals surface area contributed by atoms with Crippen LogP contribution in [0.2, 0.25) is 0 Å². The van der Waals surface area contributed by atoms with Gasteiger partial charge in [0.05, 0.1) is 38.5 Å². The molecule has 4 aromatic heterocycles. The molecule has 0 unspecified atom stereocenters. The third-order valence-corrected chi connectivity index (χ3v) is 7.22. The van der Waals surface area contributed by atoms with Crippen LogP contribution in [0.15, 0.2) is 97.8 Å². The molecule has 0 atom stereocenters. The highest BCUT2D eigenvalue weighted by atomic mass is 16.5. The molecule has 48 heavy (non-hydrogen) atoms. The van der Waals surface area contributed by atoms with E-state index in [0.29, 0.717) is 23.8 Å². The van der Waals surface area contributed by atoms with E-state index in [1.54, 1.807) is 20.4 Å². The summed E-state index contributed by atoms with van der Waals surface area (Å²) in [6.45, 7) is 12.7. The van der Waals surface area contributed by atoms with Gasteiger partial charge in [-0.15, -0.1) is 0 Å². The molecule has 6 aromatic rings. The molecular formula is C39H57N7O2. The van der Waals surface area contributed by atoms with Gasteiger partial charge in [0.25, 0.3) is 0 Å². The fourth-order valence-corrected chi connectivity index (χ4v) is 4.60. The van der Waals surface area contributed by atoms with Gasteiger partial charge in [0, 0.05) is 53.2 Å². The van der Waals surface area contributed by atoms with Crippen molar-refractivity contribution in [3.63, 3.8) is 0 Å². The topological polar surface area (TPSA) is 97.9 Å². The van der Waals surface area contributed by atoms with Gasteiger partial charge in [-0.1, -0.05) is 46.5 Å². The number of methoxy groups -OCH3 is 2. The summed E-state index contributed by atoms with van der Waals surface area (Å²) in [7, 11) is 3.35. The molecule has 6 rings (SSSR count). The number of hydrogen-bond acceptors (Lipinski definition) is 6. The van der Waals surface area contributed by atoms with Gasteiger partial charge in [-0.2, -0.15) is 10.2 Å². The van der Waals surface area contributed by atoms with Crippen molar-refractivity contribution in [1.82, 2.24) is 29.1 Å². The summed E-state index contributed by atoms with van der Waals surface area (Å²) in [6.07, 6.45) is 11.6. The first kappa shape index (κ1) is 41.0. The van der Waals surface area contributed by atoms with Crippen molar-refractivity contribution in [1.29, 1.82) is 0 Å². The number of rotatable bonds is 7. The van der Waals surface area contributed by atoms with Gasteiger partial charge in [0.2, 0.25) is 0 Å². The molecule has 0 aliphatic rings. The summed E-state index contributed by atoms with van der Waals surface area (Å²) in [6, 6.07) is 21.2. The minimum atomic E-state index is 0. The van der Waals surface area contributed by atoms with Crippen LogP contribution in [0.4, 0.5) is 5.69 Å². The van der Waals surface area contributed by atoms with Gasteiger partial charge < -0.3 is 19.8 Å². The first-order chi connectivity index (χ1) is 21.6. The lowest BCUT2D eigenvalue weighted by atomic mass is 10.1. The first-order valence-corrected chi connectivity index (χ1v) is 15.2. The summed E-state index contributed by atoms with van der Waals surface area (Å²) in [5, 5.41) is 9.75. The number of benzene rings is 2. The van der Waals surface area contributed by atoms with Crippen molar-refractivity contribution in [2.45, 2.75) is 81.9 Å². The predicted octanol–water partition coefficient (Wildman–Crippen LogP) is 10.4. The van der Waals surface area contributed by atoms with Crippen LogP contribution >= 0.6 is 0 Å². The Kier molecular flexibility index (Phi) is 16.2. The Labute approximate surface area is 288 Å². The lowest BCUT2D eigenvalue weighted by Gasteiger charge is -2.07. The lowest BCUT2D eigenvalue weighted by Crippen LogP contribution is -1.99. The molecule has 260 valence electrons. The fraction of sp³-hybridized carbons (Fsp3) is 0.359. The van der Waals surface area contributed by atoms with Crippen LogP contribution in [0.5, 0.6) is 11.5 Å². The summed E-state index contributed by atoms with van der Waals surface area (Å²) >= 11 is 0. The van der Waals surface area contributed by atoms with E-state index in [2.05, 4.69) is 79.8 Å². The number of aromatic nitrogens is 6. The van der Waals surface area contributed by atoms with Crippen LogP contribution in [-0.2, 0) is 0 Å². The highest BCUT2D eigenvalue weighted by Crippen LogP contribution is 2.25. The van der Waals surface area contributed by atoms with E-state index in [1.165, 1.54) is 0 Å². The van der Waals surface area contributed by atoms with Gasteiger partial charge in [-0.3, -0.25) is 9.36 Å². The minimum Gasteiger partial charge on any atom is -0.497 e. The van der Waals surface area contributed by atoms with Gasteiger partial charge in [-0.05, 0) is 89.1 Å². The molecule has 0 saturated heterocycles. The quantitative estimate of drug-likeness (QED) is 0.184. The van der Waals surface area contributed by atoms with E-state index < -0.39 is 0 Å². The molecule has 4 heterocycles. The molecule has 2 N–H and O–H groups in total. The van der Waals surface area contributed by atoms with E-state index >= 15 is 0 Å². The molecule has 0 saturated carbocycles. The minimum absolute atomic E-state index is 0. The Hall–Kier alpha value is -5.05. The van der Waals surface area contributed by atoms with Crippen molar-refractivity contribution >= 4 is 16.7 Å². The zero-order valence-electron chi connectivity index (χ0n) is 27.5. The van der Waals surface area contributed by atoms with Crippen LogP contribution in [-0.4, -0.2) is 43.3 Å². The number of pyridine rings is 1. The average molecular weight is 656 g/mol. The van der Waals surface area contributed by atoms with Crippen LogP contribution in [0, 0.1) is 0 Å². The molecule has 0 aliphatic carbocycles. The van der Waals surface area contributed by atoms with Gasteiger partial charge in [0.1, 0.15) is 17.1 Å². The van der Waals surface area contributed by atoms with Crippen molar-refractivity contribution in [2.75, 3.05) is 20.0 Å². The van der Waals surface area contributed by atoms with Crippen molar-refractivity contribution in [3.05, 3.63) is 97.8 Å². The smallest absolute Gasteiger partial charge is 0.140 e. The second-order valence-corrected chi connectivity index (χ2v) is 11.6. The third kappa shape index (κ3) is 10.5. The number of nitrogens with two attached hydrogens (primary N) is 1. The van der Waals surface area contributed by atoms with Crippen LogP contribution in [0.3, 0.4) is 0 Å². The highest BCUT2D eigenvalue weighted by Gasteiger charge is 2.06. The lowest BCUT2D eigenvalue weighted by molar-refractivity contribution is 0.415. The van der Waals surface area contributed by atoms with Gasteiger partial charge >= 0.3 is 0 Å². The molecule has 0 amide bonds. The normalized spacial score (nSPS) is 10.2. The highest BCUT2D eigenvalue weighted by molar-refractivity contribution is 5.79. The van der Waals surface area contributed by atoms with Crippen molar-refractivity contribution in [3.8, 4) is 33.8 Å². The first-order valence-electron chi connectivity index (χ1n) is 15.2. The molecule has 9 nitrogen and oxygen atoms in total. The molecule has 0 spiro atoms. The number of nitrogens with zero attached hydrogens (tertiary/aromatic N) is 6. The second kappa shape index (κ2) is 18.9. The molecule has 0 radical (unpaired) electrons. The molecular weight excluding hydrogens is 598 g/mol. The predicted molar refractivity (Wildman–Crippen MR) is 204 cm³/mol. The van der Waals surface area contributed by atoms with Crippen LogP contribution in [0.1, 0.15) is 81.9 Å². The number of fused-ring (bicyclic) bond motifs is 1. The Balaban J connectivity index is 0.000000351. The van der Waals surface area contributed by atoms with Crippen molar-refractivity contribution < 1.29 is 9.47 Å². The van der Waals surface area contributed by atoms with E-state index in [4.69, 9.17) is 15.2 Å². The Morgan fingerprint density at radius 3 is 1.67 bits per heavy atom. The number of ether oxygens (including phenoxy) is 2. The Morgan fingerprint density at radius 1 is 0.604 bits per heavy atom. The summed E-state index contributed by atoms with van der Waals surface area (Å²) in [5.74, 6) is 1.75. The summed E-state index contributed by atoms with van der Waals surface area (Å²) in [5.41, 5.74) is 11.9. The van der Waals surface area contributed by atoms with E-state index in [1.807, 2.05) is 82.6 Å².